The first kappa shape index (κ1) is 19.9. The minimum absolute atomic E-state index is 0. The molecule has 3 heterocycles. The molecular formula is C19H21ClF2N4O3. The van der Waals surface area contributed by atoms with Gasteiger partial charge in [0.2, 0.25) is 5.43 Å². The molecular weight excluding hydrogens is 406 g/mol. The van der Waals surface area contributed by atoms with Crippen LogP contribution >= 0.6 is 12.4 Å². The molecule has 2 aromatic rings. The van der Waals surface area contributed by atoms with E-state index in [-0.39, 0.29) is 41.1 Å². The lowest BCUT2D eigenvalue weighted by Crippen LogP contribution is -2.40. The number of nitrogens with two attached hydrogens (primary N) is 2. The molecule has 2 aliphatic heterocycles. The van der Waals surface area contributed by atoms with Crippen molar-refractivity contribution in [3.8, 4) is 0 Å². The summed E-state index contributed by atoms with van der Waals surface area (Å²) in [7, 11) is 0. The first-order valence-corrected chi connectivity index (χ1v) is 9.33. The maximum absolute atomic E-state index is 15.7. The number of halogens is 3. The van der Waals surface area contributed by atoms with E-state index in [0.717, 1.165) is 31.9 Å². The summed E-state index contributed by atoms with van der Waals surface area (Å²) in [4.78, 5) is 25.8. The molecule has 0 radical (unpaired) electrons. The van der Waals surface area contributed by atoms with Gasteiger partial charge in [-0.3, -0.25) is 4.79 Å². The number of carbonyl (C=O) groups is 1. The molecule has 29 heavy (non-hydrogen) atoms. The van der Waals surface area contributed by atoms with Gasteiger partial charge in [0, 0.05) is 30.2 Å². The predicted molar refractivity (Wildman–Crippen MR) is 107 cm³/mol. The van der Waals surface area contributed by atoms with Gasteiger partial charge < -0.3 is 26.0 Å². The van der Waals surface area contributed by atoms with Gasteiger partial charge in [-0.15, -0.1) is 12.4 Å². The van der Waals surface area contributed by atoms with Gasteiger partial charge in [0.25, 0.3) is 0 Å². The summed E-state index contributed by atoms with van der Waals surface area (Å²) in [5.74, 6) is -3.31. The second-order valence-electron chi connectivity index (χ2n) is 8.32. The number of carboxylic acids is 1. The molecule has 6 rings (SSSR count). The van der Waals surface area contributed by atoms with Crippen molar-refractivity contribution in [3.63, 3.8) is 0 Å². The van der Waals surface area contributed by atoms with Crippen LogP contribution in [0.5, 0.6) is 0 Å². The summed E-state index contributed by atoms with van der Waals surface area (Å²) in [5, 5.41) is 8.95. The Morgan fingerprint density at radius 2 is 1.90 bits per heavy atom. The molecule has 5 N–H and O–H groups in total. The maximum Gasteiger partial charge on any atom is 0.341 e. The fourth-order valence-electron chi connectivity index (χ4n) is 4.87. The van der Waals surface area contributed by atoms with Crippen LogP contribution in [0.3, 0.4) is 0 Å². The van der Waals surface area contributed by atoms with Gasteiger partial charge in [-0.2, -0.15) is 0 Å². The van der Waals surface area contributed by atoms with Crippen molar-refractivity contribution >= 4 is 40.7 Å². The van der Waals surface area contributed by atoms with Gasteiger partial charge in [0.05, 0.1) is 16.6 Å². The standard InChI is InChI=1S/C19H20F2N4O3.ClH/c20-12-14(23)11-15(24(8-1-2-8)5-10(17(11)26)18(27)28)13(21)16(12)25-7-19(6-22)3-9(25)4-19;/h5,8-9H,1-4,6-7,22-23H2,(H,27,28);1H. The quantitative estimate of drug-likeness (QED) is 0.646. The molecule has 4 fully saturated rings. The summed E-state index contributed by atoms with van der Waals surface area (Å²) >= 11 is 0. The number of fused-ring (bicyclic) bond motifs is 2. The number of anilines is 2. The Kier molecular flexibility index (Phi) is 4.33. The number of nitrogen functional groups attached to an aromatic ring is 1. The molecule has 7 nitrogen and oxygen atoms in total. The van der Waals surface area contributed by atoms with Crippen molar-refractivity contribution in [2.75, 3.05) is 23.7 Å². The molecule has 0 spiro atoms. The van der Waals surface area contributed by atoms with Crippen molar-refractivity contribution in [1.82, 2.24) is 4.57 Å². The molecule has 1 aromatic heterocycles. The van der Waals surface area contributed by atoms with E-state index in [0.29, 0.717) is 13.1 Å². The van der Waals surface area contributed by atoms with E-state index in [1.807, 2.05) is 0 Å². The monoisotopic (exact) mass is 426 g/mol. The summed E-state index contributed by atoms with van der Waals surface area (Å²) in [6.45, 7) is 0.884. The van der Waals surface area contributed by atoms with Crippen LogP contribution in [-0.2, 0) is 0 Å². The van der Waals surface area contributed by atoms with E-state index in [2.05, 4.69) is 0 Å². The van der Waals surface area contributed by atoms with E-state index in [9.17, 15) is 14.7 Å². The normalized spacial score (nSPS) is 25.1. The van der Waals surface area contributed by atoms with Crippen LogP contribution in [0.25, 0.3) is 10.9 Å². The zero-order chi connectivity index (χ0) is 20.0. The Hall–Kier alpha value is -2.39. The maximum atomic E-state index is 15.7. The molecule has 2 saturated carbocycles. The third-order valence-electron chi connectivity index (χ3n) is 6.54. The molecule has 2 bridgehead atoms. The van der Waals surface area contributed by atoms with Crippen LogP contribution in [0.4, 0.5) is 20.2 Å². The molecule has 2 aliphatic carbocycles. The topological polar surface area (TPSA) is 115 Å². The lowest BCUT2D eigenvalue weighted by atomic mass is 9.70. The third-order valence-corrected chi connectivity index (χ3v) is 6.54. The van der Waals surface area contributed by atoms with Gasteiger partial charge >= 0.3 is 5.97 Å². The minimum Gasteiger partial charge on any atom is -0.477 e. The van der Waals surface area contributed by atoms with Crippen LogP contribution in [0.1, 0.15) is 42.1 Å². The molecule has 1 aromatic carbocycles. The Morgan fingerprint density at radius 3 is 2.41 bits per heavy atom. The molecule has 0 amide bonds. The fraction of sp³-hybridized carbons (Fsp3) is 0.474. The summed E-state index contributed by atoms with van der Waals surface area (Å²) < 4.78 is 32.3. The van der Waals surface area contributed by atoms with Crippen LogP contribution in [-0.4, -0.2) is 34.8 Å². The van der Waals surface area contributed by atoms with Gasteiger partial charge in [-0.25, -0.2) is 13.6 Å². The Morgan fingerprint density at radius 1 is 1.24 bits per heavy atom. The second kappa shape index (κ2) is 6.30. The summed E-state index contributed by atoms with van der Waals surface area (Å²) in [6, 6.07) is -0.139. The number of carboxylic acid groups (broad SMARTS) is 1. The predicted octanol–water partition coefficient (Wildman–Crippen LogP) is 2.24. The fourth-order valence-corrected chi connectivity index (χ4v) is 4.87. The number of aromatic carboxylic acids is 1. The molecule has 10 heteroatoms. The Balaban J connectivity index is 0.00000205. The Labute approximate surface area is 170 Å². The van der Waals surface area contributed by atoms with Crippen LogP contribution in [0, 0.1) is 17.0 Å². The van der Waals surface area contributed by atoms with E-state index in [1.54, 1.807) is 4.90 Å². The largest absolute Gasteiger partial charge is 0.477 e. The average molecular weight is 427 g/mol. The van der Waals surface area contributed by atoms with Crippen molar-refractivity contribution in [2.45, 2.75) is 37.8 Å². The Bertz CT molecular complexity index is 1110. The molecule has 156 valence electrons. The van der Waals surface area contributed by atoms with E-state index < -0.39 is 39.7 Å². The number of hydrogen-bond donors (Lipinski definition) is 3. The first-order valence-electron chi connectivity index (χ1n) is 9.33. The highest BCUT2D eigenvalue weighted by Gasteiger charge is 2.55. The number of rotatable bonds is 4. The van der Waals surface area contributed by atoms with Gasteiger partial charge in [0.1, 0.15) is 11.3 Å². The number of benzene rings is 1. The minimum atomic E-state index is -1.45. The smallest absolute Gasteiger partial charge is 0.341 e. The number of aromatic nitrogens is 1. The highest BCUT2D eigenvalue weighted by atomic mass is 35.5. The van der Waals surface area contributed by atoms with Crippen molar-refractivity contribution < 1.29 is 18.7 Å². The number of pyridine rings is 1. The number of hydrogen-bond acceptors (Lipinski definition) is 5. The molecule has 2 saturated heterocycles. The zero-order valence-corrected chi connectivity index (χ0v) is 16.3. The van der Waals surface area contributed by atoms with E-state index in [4.69, 9.17) is 11.5 Å². The summed E-state index contributed by atoms with van der Waals surface area (Å²) in [5.41, 5.74) is 9.30. The first-order chi connectivity index (χ1) is 13.3. The molecule has 0 atom stereocenters. The van der Waals surface area contributed by atoms with Crippen molar-refractivity contribution in [2.24, 2.45) is 11.1 Å². The second-order valence-corrected chi connectivity index (χ2v) is 8.32. The van der Waals surface area contributed by atoms with E-state index in [1.165, 1.54) is 4.57 Å². The van der Waals surface area contributed by atoms with Gasteiger partial charge in [-0.1, -0.05) is 0 Å². The van der Waals surface area contributed by atoms with Crippen LogP contribution < -0.4 is 21.8 Å². The average Bonchev–Trinajstić information content (AvgIpc) is 3.32. The molecule has 4 aliphatic rings. The lowest BCUT2D eigenvalue weighted by Gasteiger charge is -2.36. The van der Waals surface area contributed by atoms with Crippen LogP contribution in [0.15, 0.2) is 11.0 Å². The summed E-state index contributed by atoms with van der Waals surface area (Å²) in [6.07, 6.45) is 4.15. The van der Waals surface area contributed by atoms with Gasteiger partial charge in [0.15, 0.2) is 11.6 Å². The van der Waals surface area contributed by atoms with Crippen molar-refractivity contribution in [3.05, 3.63) is 33.6 Å². The lowest BCUT2D eigenvalue weighted by molar-refractivity contribution is 0.0695. The van der Waals surface area contributed by atoms with Gasteiger partial charge in [-0.05, 0) is 32.2 Å². The number of nitrogens with zero attached hydrogens (tertiary/aromatic N) is 2. The van der Waals surface area contributed by atoms with Crippen LogP contribution in [0.2, 0.25) is 0 Å². The highest BCUT2D eigenvalue weighted by Crippen LogP contribution is 2.54. The highest BCUT2D eigenvalue weighted by molar-refractivity contribution is 6.00. The third kappa shape index (κ3) is 2.56. The SMILES string of the molecule is Cl.NCC12CC(C1)N(c1c(F)c(N)c3c(=O)c(C(=O)O)cn(C4CC4)c3c1F)C2. The zero-order valence-electron chi connectivity index (χ0n) is 15.5. The molecule has 0 unspecified atom stereocenters. The van der Waals surface area contributed by atoms with Crippen molar-refractivity contribution in [1.29, 1.82) is 0 Å². The van der Waals surface area contributed by atoms with E-state index >= 15 is 8.78 Å².